The predicted molar refractivity (Wildman–Crippen MR) is 65.6 cm³/mol. The molecule has 0 spiro atoms. The number of rotatable bonds is 5. The van der Waals surface area contributed by atoms with Gasteiger partial charge in [-0.15, -0.1) is 0 Å². The number of esters is 1. The van der Waals surface area contributed by atoms with Crippen LogP contribution in [0, 0.1) is 22.7 Å². The van der Waals surface area contributed by atoms with E-state index in [-0.39, 0.29) is 12.4 Å². The van der Waals surface area contributed by atoms with Crippen molar-refractivity contribution in [3.8, 4) is 12.1 Å². The predicted octanol–water partition coefficient (Wildman–Crippen LogP) is 1.80. The van der Waals surface area contributed by atoms with Gasteiger partial charge in [0.15, 0.2) is 0 Å². The molecule has 0 aromatic heterocycles. The molecule has 1 rings (SSSR count). The Morgan fingerprint density at radius 2 is 2.06 bits per heavy atom. The van der Waals surface area contributed by atoms with Gasteiger partial charge in [0.2, 0.25) is 0 Å². The maximum absolute atomic E-state index is 11.1. The Balaban J connectivity index is 2.57. The molecule has 0 saturated heterocycles. The number of nitrogens with zero attached hydrogens (tertiary/aromatic N) is 2. The van der Waals surface area contributed by atoms with E-state index in [0.717, 1.165) is 0 Å². The van der Waals surface area contributed by atoms with Crippen LogP contribution in [0.15, 0.2) is 18.2 Å². The van der Waals surface area contributed by atoms with E-state index in [2.05, 4.69) is 5.32 Å². The molecule has 0 amide bonds. The first-order valence-electron chi connectivity index (χ1n) is 5.55. The molecule has 0 aliphatic carbocycles. The van der Waals surface area contributed by atoms with Crippen LogP contribution in [0.1, 0.15) is 24.5 Å². The number of carbonyl (C=O) groups is 1. The van der Waals surface area contributed by atoms with Crippen molar-refractivity contribution in [2.45, 2.75) is 13.3 Å². The zero-order valence-electron chi connectivity index (χ0n) is 10.1. The van der Waals surface area contributed by atoms with E-state index in [9.17, 15) is 4.79 Å². The van der Waals surface area contributed by atoms with Crippen LogP contribution in [0.3, 0.4) is 0 Å². The summed E-state index contributed by atoms with van der Waals surface area (Å²) >= 11 is 0. The summed E-state index contributed by atoms with van der Waals surface area (Å²) in [6.45, 7) is 2.55. The van der Waals surface area contributed by atoms with Gasteiger partial charge in [-0.1, -0.05) is 0 Å². The zero-order valence-corrected chi connectivity index (χ0v) is 10.1. The highest BCUT2D eigenvalue weighted by Gasteiger charge is 2.04. The maximum atomic E-state index is 11.1. The fourth-order valence-corrected chi connectivity index (χ4v) is 1.39. The number of ether oxygens (including phenoxy) is 1. The minimum atomic E-state index is -0.265. The summed E-state index contributed by atoms with van der Waals surface area (Å²) in [5, 5.41) is 20.6. The monoisotopic (exact) mass is 243 g/mol. The van der Waals surface area contributed by atoms with Crippen molar-refractivity contribution in [3.63, 3.8) is 0 Å². The number of carbonyl (C=O) groups excluding carboxylic acids is 1. The van der Waals surface area contributed by atoms with Crippen LogP contribution < -0.4 is 5.32 Å². The van der Waals surface area contributed by atoms with E-state index in [1.165, 1.54) is 0 Å². The van der Waals surface area contributed by atoms with Crippen LogP contribution in [0.25, 0.3) is 0 Å². The lowest BCUT2D eigenvalue weighted by Gasteiger charge is -2.06. The summed E-state index contributed by atoms with van der Waals surface area (Å²) in [5.41, 5.74) is 1.36. The molecule has 0 bridgehead atoms. The number of nitrogens with one attached hydrogen (secondary N) is 1. The van der Waals surface area contributed by atoms with E-state index in [1.54, 1.807) is 25.1 Å². The van der Waals surface area contributed by atoms with Crippen LogP contribution in [0.2, 0.25) is 0 Å². The van der Waals surface area contributed by atoms with E-state index >= 15 is 0 Å². The largest absolute Gasteiger partial charge is 0.466 e. The second-order valence-electron chi connectivity index (χ2n) is 3.47. The van der Waals surface area contributed by atoms with Crippen LogP contribution in [0.4, 0.5) is 5.69 Å². The van der Waals surface area contributed by atoms with Crippen molar-refractivity contribution >= 4 is 11.7 Å². The molecule has 92 valence electrons. The smallest absolute Gasteiger partial charge is 0.307 e. The second kappa shape index (κ2) is 6.93. The van der Waals surface area contributed by atoms with E-state index < -0.39 is 0 Å². The fraction of sp³-hybridized carbons (Fsp3) is 0.308. The van der Waals surface area contributed by atoms with Crippen molar-refractivity contribution < 1.29 is 9.53 Å². The van der Waals surface area contributed by atoms with Gasteiger partial charge in [0.25, 0.3) is 0 Å². The number of hydrogen-bond donors (Lipinski definition) is 1. The Morgan fingerprint density at radius 1 is 1.33 bits per heavy atom. The molecule has 0 saturated carbocycles. The lowest BCUT2D eigenvalue weighted by atomic mass is 10.1. The highest BCUT2D eigenvalue weighted by atomic mass is 16.5. The van der Waals surface area contributed by atoms with Gasteiger partial charge >= 0.3 is 5.97 Å². The standard InChI is InChI=1S/C13H13N3O2/c1-2-18-13(17)5-6-16-12-4-3-10(8-14)11(7-12)9-15/h3-4,7,16H,2,5-6H2,1H3. The Hall–Kier alpha value is -2.53. The van der Waals surface area contributed by atoms with Crippen molar-refractivity contribution in [3.05, 3.63) is 29.3 Å². The molecule has 0 aliphatic rings. The summed E-state index contributed by atoms with van der Waals surface area (Å²) in [5.74, 6) is -0.265. The van der Waals surface area contributed by atoms with Crippen LogP contribution in [-0.4, -0.2) is 19.1 Å². The van der Waals surface area contributed by atoms with Gasteiger partial charge in [-0.2, -0.15) is 10.5 Å². The third-order valence-corrected chi connectivity index (χ3v) is 2.22. The summed E-state index contributed by atoms with van der Waals surface area (Å²) in [4.78, 5) is 11.1. The Kier molecular flexibility index (Phi) is 5.21. The second-order valence-corrected chi connectivity index (χ2v) is 3.47. The molecule has 0 fully saturated rings. The van der Waals surface area contributed by atoms with Crippen molar-refractivity contribution in [1.29, 1.82) is 10.5 Å². The molecule has 5 heteroatoms. The molecule has 5 nitrogen and oxygen atoms in total. The first-order valence-corrected chi connectivity index (χ1v) is 5.55. The summed E-state index contributed by atoms with van der Waals surface area (Å²) in [6.07, 6.45) is 0.260. The highest BCUT2D eigenvalue weighted by molar-refractivity contribution is 5.70. The van der Waals surface area contributed by atoms with Gasteiger partial charge in [0, 0.05) is 12.2 Å². The van der Waals surface area contributed by atoms with Gasteiger partial charge in [0.1, 0.15) is 12.1 Å². The quantitative estimate of drug-likeness (QED) is 0.797. The number of nitriles is 2. The normalized spacial score (nSPS) is 9.06. The van der Waals surface area contributed by atoms with E-state index in [1.807, 2.05) is 12.1 Å². The number of anilines is 1. The van der Waals surface area contributed by atoms with Gasteiger partial charge in [-0.25, -0.2) is 0 Å². The lowest BCUT2D eigenvalue weighted by molar-refractivity contribution is -0.142. The van der Waals surface area contributed by atoms with E-state index in [0.29, 0.717) is 30.0 Å². The molecular formula is C13H13N3O2. The summed E-state index contributed by atoms with van der Waals surface area (Å²) in [6, 6.07) is 8.75. The first kappa shape index (κ1) is 13.5. The summed E-state index contributed by atoms with van der Waals surface area (Å²) in [7, 11) is 0. The molecule has 1 aromatic rings. The molecule has 0 unspecified atom stereocenters. The van der Waals surface area contributed by atoms with Crippen LogP contribution in [0.5, 0.6) is 0 Å². The topological polar surface area (TPSA) is 85.9 Å². The Bertz CT molecular complexity index is 512. The van der Waals surface area contributed by atoms with Crippen molar-refractivity contribution in [2.75, 3.05) is 18.5 Å². The van der Waals surface area contributed by atoms with Crippen LogP contribution in [-0.2, 0) is 9.53 Å². The van der Waals surface area contributed by atoms with Gasteiger partial charge in [0.05, 0.1) is 24.2 Å². The third kappa shape index (κ3) is 3.80. The molecule has 0 aliphatic heterocycles. The third-order valence-electron chi connectivity index (χ3n) is 2.22. The molecule has 18 heavy (non-hydrogen) atoms. The van der Waals surface area contributed by atoms with Crippen LogP contribution >= 0.6 is 0 Å². The van der Waals surface area contributed by atoms with Gasteiger partial charge < -0.3 is 10.1 Å². The highest BCUT2D eigenvalue weighted by Crippen LogP contribution is 2.14. The van der Waals surface area contributed by atoms with E-state index in [4.69, 9.17) is 15.3 Å². The lowest BCUT2D eigenvalue weighted by Crippen LogP contribution is -2.11. The molecule has 1 N–H and O–H groups in total. The SMILES string of the molecule is CCOC(=O)CCNc1ccc(C#N)c(C#N)c1. The first-order chi connectivity index (χ1) is 8.71. The fourth-order valence-electron chi connectivity index (χ4n) is 1.39. The number of benzene rings is 1. The molecule has 1 aromatic carbocycles. The molecule has 0 atom stereocenters. The van der Waals surface area contributed by atoms with Crippen molar-refractivity contribution in [2.24, 2.45) is 0 Å². The molecule has 0 radical (unpaired) electrons. The minimum Gasteiger partial charge on any atom is -0.466 e. The number of hydrogen-bond acceptors (Lipinski definition) is 5. The summed E-state index contributed by atoms with van der Waals surface area (Å²) < 4.78 is 4.79. The van der Waals surface area contributed by atoms with Crippen molar-refractivity contribution in [1.82, 2.24) is 0 Å². The van der Waals surface area contributed by atoms with Gasteiger partial charge in [-0.3, -0.25) is 4.79 Å². The average Bonchev–Trinajstić information content (AvgIpc) is 2.38. The molecular weight excluding hydrogens is 230 g/mol. The Labute approximate surface area is 106 Å². The average molecular weight is 243 g/mol. The zero-order chi connectivity index (χ0) is 13.4. The Morgan fingerprint density at radius 3 is 2.67 bits per heavy atom. The maximum Gasteiger partial charge on any atom is 0.307 e. The van der Waals surface area contributed by atoms with Gasteiger partial charge in [-0.05, 0) is 25.1 Å². The minimum absolute atomic E-state index is 0.260. The molecule has 0 heterocycles.